The second-order valence-corrected chi connectivity index (χ2v) is 2.74. The molecule has 0 saturated carbocycles. The molecule has 0 radical (unpaired) electrons. The Morgan fingerprint density at radius 2 is 2.38 bits per heavy atom. The van der Waals surface area contributed by atoms with Crippen LogP contribution in [0.5, 0.6) is 0 Å². The number of halogens is 1. The molecule has 0 saturated heterocycles. The monoisotopic (exact) mass is 218 g/mol. The number of carbonyl (C=O) groups is 1. The van der Waals surface area contributed by atoms with Crippen LogP contribution in [0.25, 0.3) is 10.4 Å². The zero-order valence-corrected chi connectivity index (χ0v) is 8.14. The van der Waals surface area contributed by atoms with Crippen molar-refractivity contribution in [3.05, 3.63) is 45.6 Å². The maximum absolute atomic E-state index is 12.9. The first-order valence-electron chi connectivity index (χ1n) is 4.24. The predicted octanol–water partition coefficient (Wildman–Crippen LogP) is 1.59. The van der Waals surface area contributed by atoms with Crippen LogP contribution in [0, 0.1) is 17.7 Å². The minimum Gasteiger partial charge on any atom is -0.366 e. The fraction of sp³-hybridized carbons (Fsp3) is 0.100. The fourth-order valence-corrected chi connectivity index (χ4v) is 1.04. The highest BCUT2D eigenvalue weighted by atomic mass is 19.1. The van der Waals surface area contributed by atoms with E-state index in [1.807, 2.05) is 0 Å². The number of primary amides is 1. The van der Waals surface area contributed by atoms with Crippen molar-refractivity contribution in [2.75, 3.05) is 6.54 Å². The van der Waals surface area contributed by atoms with Crippen molar-refractivity contribution in [3.8, 4) is 11.8 Å². The number of rotatable bonds is 2. The quantitative estimate of drug-likeness (QED) is 0.347. The summed E-state index contributed by atoms with van der Waals surface area (Å²) in [6.45, 7) is -0.0504. The van der Waals surface area contributed by atoms with E-state index in [9.17, 15) is 9.18 Å². The number of carbonyl (C=O) groups excluding carboxylic acids is 1. The molecule has 0 bridgehead atoms. The van der Waals surface area contributed by atoms with E-state index >= 15 is 0 Å². The van der Waals surface area contributed by atoms with Crippen LogP contribution in [0.4, 0.5) is 4.39 Å². The lowest BCUT2D eigenvalue weighted by Crippen LogP contribution is -2.12. The van der Waals surface area contributed by atoms with E-state index in [0.29, 0.717) is 0 Å². The summed E-state index contributed by atoms with van der Waals surface area (Å²) in [5.74, 6) is 3.79. The van der Waals surface area contributed by atoms with E-state index in [2.05, 4.69) is 21.9 Å². The molecule has 0 unspecified atom stereocenters. The van der Waals surface area contributed by atoms with Crippen LogP contribution in [0.3, 0.4) is 0 Å². The Balaban J connectivity index is 3.08. The van der Waals surface area contributed by atoms with E-state index in [0.717, 1.165) is 12.1 Å². The molecule has 1 rings (SSSR count). The topological polar surface area (TPSA) is 91.8 Å². The van der Waals surface area contributed by atoms with Crippen molar-refractivity contribution in [3.63, 3.8) is 0 Å². The summed E-state index contributed by atoms with van der Waals surface area (Å²) in [5.41, 5.74) is 13.4. The summed E-state index contributed by atoms with van der Waals surface area (Å²) in [6, 6.07) is 3.48. The molecular weight excluding hydrogens is 211 g/mol. The average molecular weight is 218 g/mol. The molecule has 1 amide bonds. The number of hydrogen-bond donors (Lipinski definition) is 1. The van der Waals surface area contributed by atoms with Gasteiger partial charge in [0.1, 0.15) is 5.82 Å². The molecule has 0 atom stereocenters. The number of hydrogen-bond acceptors (Lipinski definition) is 2. The van der Waals surface area contributed by atoms with E-state index < -0.39 is 11.7 Å². The van der Waals surface area contributed by atoms with Crippen molar-refractivity contribution < 1.29 is 9.18 Å². The Morgan fingerprint density at radius 3 is 3.00 bits per heavy atom. The lowest BCUT2D eigenvalue weighted by molar-refractivity contribution is 0.1000. The molecule has 2 N–H and O–H groups in total. The average Bonchev–Trinajstić information content (AvgIpc) is 2.24. The molecule has 80 valence electrons. The fourth-order valence-electron chi connectivity index (χ4n) is 1.04. The third-order valence-corrected chi connectivity index (χ3v) is 1.68. The third-order valence-electron chi connectivity index (χ3n) is 1.68. The van der Waals surface area contributed by atoms with E-state index in [1.165, 1.54) is 6.07 Å². The first kappa shape index (κ1) is 11.6. The first-order chi connectivity index (χ1) is 7.65. The zero-order chi connectivity index (χ0) is 12.0. The number of amides is 1. The van der Waals surface area contributed by atoms with E-state index in [4.69, 9.17) is 11.3 Å². The Labute approximate surface area is 90.7 Å². The van der Waals surface area contributed by atoms with Gasteiger partial charge in [0.15, 0.2) is 0 Å². The van der Waals surface area contributed by atoms with Crippen molar-refractivity contribution in [2.24, 2.45) is 10.8 Å². The molecule has 0 aliphatic heterocycles. The summed E-state index contributed by atoms with van der Waals surface area (Å²) < 4.78 is 12.9. The lowest BCUT2D eigenvalue weighted by atomic mass is 10.1. The van der Waals surface area contributed by atoms with Crippen LogP contribution >= 0.6 is 0 Å². The molecule has 1 aromatic rings. The highest BCUT2D eigenvalue weighted by molar-refractivity contribution is 5.95. The smallest absolute Gasteiger partial charge is 0.249 e. The first-order valence-corrected chi connectivity index (χ1v) is 4.24. The lowest BCUT2D eigenvalue weighted by Gasteiger charge is -1.99. The SMILES string of the molecule is [N-]=[N+]=NCC#Cc1cc(F)ccc1C(N)=O. The van der Waals surface area contributed by atoms with Gasteiger partial charge < -0.3 is 5.73 Å². The van der Waals surface area contributed by atoms with Crippen LogP contribution in [0.15, 0.2) is 23.3 Å². The van der Waals surface area contributed by atoms with Gasteiger partial charge in [0.2, 0.25) is 5.91 Å². The molecule has 1 aromatic carbocycles. The van der Waals surface area contributed by atoms with Crippen LogP contribution in [-0.2, 0) is 0 Å². The maximum atomic E-state index is 12.9. The van der Waals surface area contributed by atoms with Crippen molar-refractivity contribution in [2.45, 2.75) is 0 Å². The summed E-state index contributed by atoms with van der Waals surface area (Å²) in [4.78, 5) is 13.5. The van der Waals surface area contributed by atoms with Gasteiger partial charge in [-0.3, -0.25) is 4.79 Å². The molecule has 0 aliphatic carbocycles. The van der Waals surface area contributed by atoms with Gasteiger partial charge in [-0.05, 0) is 23.7 Å². The molecule has 6 heteroatoms. The minimum atomic E-state index is -0.687. The van der Waals surface area contributed by atoms with Crippen molar-refractivity contribution >= 4 is 5.91 Å². The van der Waals surface area contributed by atoms with Crippen molar-refractivity contribution in [1.82, 2.24) is 0 Å². The summed E-state index contributed by atoms with van der Waals surface area (Å²) in [6.07, 6.45) is 0. The van der Waals surface area contributed by atoms with Crippen LogP contribution in [0.2, 0.25) is 0 Å². The Kier molecular flexibility index (Phi) is 3.90. The normalized spacial score (nSPS) is 8.56. The molecule has 0 heterocycles. The predicted molar refractivity (Wildman–Crippen MR) is 55.8 cm³/mol. The largest absolute Gasteiger partial charge is 0.366 e. The molecule has 5 nitrogen and oxygen atoms in total. The second-order valence-electron chi connectivity index (χ2n) is 2.74. The molecular formula is C10H7FN4O. The van der Waals surface area contributed by atoms with Gasteiger partial charge in [-0.1, -0.05) is 17.0 Å². The van der Waals surface area contributed by atoms with E-state index in [1.54, 1.807) is 0 Å². The van der Waals surface area contributed by atoms with E-state index in [-0.39, 0.29) is 17.7 Å². The van der Waals surface area contributed by atoms with Gasteiger partial charge in [0.05, 0.1) is 12.1 Å². The van der Waals surface area contributed by atoms with Gasteiger partial charge in [-0.2, -0.15) is 0 Å². The van der Waals surface area contributed by atoms with Crippen molar-refractivity contribution in [1.29, 1.82) is 0 Å². The Hall–Kier alpha value is -2.51. The minimum absolute atomic E-state index is 0.0504. The Morgan fingerprint density at radius 1 is 1.62 bits per heavy atom. The number of benzene rings is 1. The highest BCUT2D eigenvalue weighted by Crippen LogP contribution is 2.09. The highest BCUT2D eigenvalue weighted by Gasteiger charge is 2.06. The van der Waals surface area contributed by atoms with Crippen LogP contribution in [0.1, 0.15) is 15.9 Å². The Bertz CT molecular complexity index is 523. The van der Waals surface area contributed by atoms with Gasteiger partial charge in [0, 0.05) is 10.5 Å². The van der Waals surface area contributed by atoms with Gasteiger partial charge in [0.25, 0.3) is 0 Å². The number of azide groups is 1. The summed E-state index contributed by atoms with van der Waals surface area (Å²) >= 11 is 0. The number of nitrogens with two attached hydrogens (primary N) is 1. The summed E-state index contributed by atoms with van der Waals surface area (Å²) in [7, 11) is 0. The van der Waals surface area contributed by atoms with Crippen LogP contribution < -0.4 is 5.73 Å². The van der Waals surface area contributed by atoms with Gasteiger partial charge in [-0.15, -0.1) is 0 Å². The maximum Gasteiger partial charge on any atom is 0.249 e. The molecule has 0 spiro atoms. The molecule has 0 aliphatic rings. The molecule has 0 aromatic heterocycles. The molecule has 16 heavy (non-hydrogen) atoms. The summed E-state index contributed by atoms with van der Waals surface area (Å²) in [5, 5.41) is 3.18. The van der Waals surface area contributed by atoms with Gasteiger partial charge >= 0.3 is 0 Å². The second kappa shape index (κ2) is 5.39. The zero-order valence-electron chi connectivity index (χ0n) is 8.14. The molecule has 0 fully saturated rings. The number of nitrogens with zero attached hydrogens (tertiary/aromatic N) is 3. The van der Waals surface area contributed by atoms with Crippen LogP contribution in [-0.4, -0.2) is 12.5 Å². The standard InChI is InChI=1S/C10H7FN4O/c11-8-3-4-9(10(12)16)7(6-8)2-1-5-14-15-13/h3-4,6H,5H2,(H2,12,16). The van der Waals surface area contributed by atoms with Gasteiger partial charge in [-0.25, -0.2) is 4.39 Å². The third kappa shape index (κ3) is 3.01.